The van der Waals surface area contributed by atoms with Gasteiger partial charge >= 0.3 is 0 Å². The first-order valence-corrected chi connectivity index (χ1v) is 7.64. The van der Waals surface area contributed by atoms with Crippen molar-refractivity contribution >= 4 is 5.91 Å². The smallest absolute Gasteiger partial charge is 0.226 e. The lowest BCUT2D eigenvalue weighted by molar-refractivity contribution is -0.139. The Bertz CT molecular complexity index is 282. The molecule has 0 saturated heterocycles. The predicted molar refractivity (Wildman–Crippen MR) is 74.1 cm³/mol. The van der Waals surface area contributed by atoms with Gasteiger partial charge in [0.1, 0.15) is 0 Å². The van der Waals surface area contributed by atoms with E-state index in [9.17, 15) is 4.79 Å². The third kappa shape index (κ3) is 3.25. The van der Waals surface area contributed by atoms with E-state index < -0.39 is 0 Å². The van der Waals surface area contributed by atoms with Crippen LogP contribution in [0.4, 0.5) is 0 Å². The summed E-state index contributed by atoms with van der Waals surface area (Å²) in [5.41, 5.74) is 5.85. The van der Waals surface area contributed by atoms with Crippen molar-refractivity contribution in [2.24, 2.45) is 23.5 Å². The molecule has 2 N–H and O–H groups in total. The first kappa shape index (κ1) is 13.9. The van der Waals surface area contributed by atoms with E-state index in [0.29, 0.717) is 30.3 Å². The fourth-order valence-electron chi connectivity index (χ4n) is 3.23. The first-order valence-electron chi connectivity index (χ1n) is 7.64. The molecule has 2 rings (SSSR count). The van der Waals surface area contributed by atoms with Crippen LogP contribution >= 0.6 is 0 Å². The van der Waals surface area contributed by atoms with E-state index in [4.69, 9.17) is 5.73 Å². The van der Waals surface area contributed by atoms with Crippen molar-refractivity contribution in [3.05, 3.63) is 0 Å². The maximum atomic E-state index is 12.8. The molecule has 2 saturated carbocycles. The molecule has 0 aromatic heterocycles. The maximum Gasteiger partial charge on any atom is 0.226 e. The molecular weight excluding hydrogens is 224 g/mol. The Morgan fingerprint density at radius 1 is 1.22 bits per heavy atom. The van der Waals surface area contributed by atoms with Crippen molar-refractivity contribution in [2.45, 2.75) is 58.4 Å². The minimum Gasteiger partial charge on any atom is -0.339 e. The summed E-state index contributed by atoms with van der Waals surface area (Å²) in [5.74, 6) is 1.61. The minimum atomic E-state index is 0.211. The van der Waals surface area contributed by atoms with Crippen LogP contribution in [0.15, 0.2) is 0 Å². The van der Waals surface area contributed by atoms with Crippen LogP contribution in [0.25, 0.3) is 0 Å². The predicted octanol–water partition coefficient (Wildman–Crippen LogP) is 2.40. The highest BCUT2D eigenvalue weighted by Crippen LogP contribution is 2.35. The Hall–Kier alpha value is -0.570. The molecule has 2 aliphatic carbocycles. The van der Waals surface area contributed by atoms with Gasteiger partial charge < -0.3 is 10.6 Å². The fourth-order valence-corrected chi connectivity index (χ4v) is 3.23. The van der Waals surface area contributed by atoms with Gasteiger partial charge in [-0.25, -0.2) is 0 Å². The van der Waals surface area contributed by atoms with E-state index >= 15 is 0 Å². The summed E-state index contributed by atoms with van der Waals surface area (Å²) in [4.78, 5) is 14.9. The third-order valence-electron chi connectivity index (χ3n) is 4.36. The van der Waals surface area contributed by atoms with Crippen molar-refractivity contribution in [1.29, 1.82) is 0 Å². The van der Waals surface area contributed by atoms with Gasteiger partial charge in [0, 0.05) is 18.5 Å². The van der Waals surface area contributed by atoms with Gasteiger partial charge in [0.05, 0.1) is 0 Å². The molecule has 2 atom stereocenters. The Balaban J connectivity index is 2.01. The molecule has 0 bridgehead atoms. The summed E-state index contributed by atoms with van der Waals surface area (Å²) in [5, 5.41) is 0. The Morgan fingerprint density at radius 2 is 1.89 bits per heavy atom. The molecule has 2 aliphatic rings. The second-order valence-corrected chi connectivity index (χ2v) is 6.50. The lowest BCUT2D eigenvalue weighted by Crippen LogP contribution is -2.44. The second-order valence-electron chi connectivity index (χ2n) is 6.50. The standard InChI is InChI=1S/C15H28N2O/c1-11(2)10-17(13-7-8-13)15(18)14-6-4-3-5-12(14)9-16/h11-14H,3-10,16H2,1-2H3. The van der Waals surface area contributed by atoms with Gasteiger partial charge in [-0.05, 0) is 44.1 Å². The highest BCUT2D eigenvalue weighted by atomic mass is 16.2. The van der Waals surface area contributed by atoms with Crippen LogP contribution in [0.5, 0.6) is 0 Å². The van der Waals surface area contributed by atoms with E-state index in [2.05, 4.69) is 18.7 Å². The highest BCUT2D eigenvalue weighted by Gasteiger charge is 2.39. The normalized spacial score (nSPS) is 28.4. The summed E-state index contributed by atoms with van der Waals surface area (Å²) in [6.45, 7) is 6.00. The zero-order valence-electron chi connectivity index (χ0n) is 11.9. The van der Waals surface area contributed by atoms with E-state index in [-0.39, 0.29) is 5.92 Å². The van der Waals surface area contributed by atoms with Crippen LogP contribution in [0.3, 0.4) is 0 Å². The summed E-state index contributed by atoms with van der Waals surface area (Å²) in [6, 6.07) is 0.542. The molecule has 18 heavy (non-hydrogen) atoms. The van der Waals surface area contributed by atoms with Crippen LogP contribution in [0.1, 0.15) is 52.4 Å². The Morgan fingerprint density at radius 3 is 2.44 bits per heavy atom. The van der Waals surface area contributed by atoms with Gasteiger partial charge in [-0.2, -0.15) is 0 Å². The van der Waals surface area contributed by atoms with Crippen molar-refractivity contribution < 1.29 is 4.79 Å². The van der Waals surface area contributed by atoms with Crippen LogP contribution in [-0.4, -0.2) is 29.9 Å². The number of hydrogen-bond donors (Lipinski definition) is 1. The fraction of sp³-hybridized carbons (Fsp3) is 0.933. The van der Waals surface area contributed by atoms with Crippen LogP contribution in [0, 0.1) is 17.8 Å². The molecule has 3 heteroatoms. The molecule has 1 amide bonds. The van der Waals surface area contributed by atoms with Gasteiger partial charge in [0.15, 0.2) is 0 Å². The maximum absolute atomic E-state index is 12.8. The summed E-state index contributed by atoms with van der Waals surface area (Å²) >= 11 is 0. The Labute approximate surface area is 111 Å². The van der Waals surface area contributed by atoms with Gasteiger partial charge in [0.25, 0.3) is 0 Å². The number of hydrogen-bond acceptors (Lipinski definition) is 2. The molecule has 2 unspecified atom stereocenters. The van der Waals surface area contributed by atoms with Crippen molar-refractivity contribution in [2.75, 3.05) is 13.1 Å². The summed E-state index contributed by atoms with van der Waals surface area (Å²) < 4.78 is 0. The zero-order chi connectivity index (χ0) is 13.1. The quantitative estimate of drug-likeness (QED) is 0.816. The number of carbonyl (C=O) groups is 1. The molecule has 0 aromatic carbocycles. The van der Waals surface area contributed by atoms with E-state index in [1.165, 1.54) is 25.7 Å². The monoisotopic (exact) mass is 252 g/mol. The van der Waals surface area contributed by atoms with Gasteiger partial charge in [-0.15, -0.1) is 0 Å². The number of rotatable bonds is 5. The van der Waals surface area contributed by atoms with Crippen molar-refractivity contribution in [1.82, 2.24) is 4.90 Å². The molecule has 0 spiro atoms. The number of carbonyl (C=O) groups excluding carboxylic acids is 1. The average molecular weight is 252 g/mol. The van der Waals surface area contributed by atoms with E-state index in [1.54, 1.807) is 0 Å². The molecule has 0 radical (unpaired) electrons. The third-order valence-corrected chi connectivity index (χ3v) is 4.36. The molecule has 3 nitrogen and oxygen atoms in total. The van der Waals surface area contributed by atoms with E-state index in [0.717, 1.165) is 19.4 Å². The lowest BCUT2D eigenvalue weighted by Gasteiger charge is -2.35. The minimum absolute atomic E-state index is 0.211. The molecule has 2 fully saturated rings. The topological polar surface area (TPSA) is 46.3 Å². The SMILES string of the molecule is CC(C)CN(C(=O)C1CCCCC1CN)C1CC1. The summed E-state index contributed by atoms with van der Waals surface area (Å²) in [7, 11) is 0. The van der Waals surface area contributed by atoms with Crippen molar-refractivity contribution in [3.63, 3.8) is 0 Å². The zero-order valence-corrected chi connectivity index (χ0v) is 11.9. The van der Waals surface area contributed by atoms with Gasteiger partial charge in [0.2, 0.25) is 5.91 Å². The number of nitrogens with zero attached hydrogens (tertiary/aromatic N) is 1. The van der Waals surface area contributed by atoms with Crippen LogP contribution in [0.2, 0.25) is 0 Å². The second kappa shape index (κ2) is 6.05. The molecule has 0 aliphatic heterocycles. The number of amides is 1. The first-order chi connectivity index (χ1) is 8.63. The Kier molecular flexibility index (Phi) is 4.66. The highest BCUT2D eigenvalue weighted by molar-refractivity contribution is 5.80. The van der Waals surface area contributed by atoms with Crippen LogP contribution < -0.4 is 5.73 Å². The van der Waals surface area contributed by atoms with E-state index in [1.807, 2.05) is 0 Å². The average Bonchev–Trinajstić information content (AvgIpc) is 3.19. The molecule has 104 valence electrons. The van der Waals surface area contributed by atoms with Crippen LogP contribution in [-0.2, 0) is 4.79 Å². The van der Waals surface area contributed by atoms with Gasteiger partial charge in [-0.1, -0.05) is 26.7 Å². The molecule has 0 aromatic rings. The van der Waals surface area contributed by atoms with Gasteiger partial charge in [-0.3, -0.25) is 4.79 Å². The van der Waals surface area contributed by atoms with Crippen molar-refractivity contribution in [3.8, 4) is 0 Å². The number of nitrogens with two attached hydrogens (primary N) is 1. The molecular formula is C15H28N2O. The lowest BCUT2D eigenvalue weighted by atomic mass is 9.78. The summed E-state index contributed by atoms with van der Waals surface area (Å²) in [6.07, 6.45) is 7.07. The largest absolute Gasteiger partial charge is 0.339 e. The molecule has 0 heterocycles.